The van der Waals surface area contributed by atoms with Crippen LogP contribution in [0, 0.1) is 0 Å². The molecule has 0 saturated carbocycles. The summed E-state index contributed by atoms with van der Waals surface area (Å²) < 4.78 is 12.6. The first-order valence-corrected chi connectivity index (χ1v) is 9.96. The lowest BCUT2D eigenvalue weighted by Crippen LogP contribution is -2.31. The van der Waals surface area contributed by atoms with E-state index < -0.39 is 5.97 Å². The number of dihydropyridines is 1. The van der Waals surface area contributed by atoms with Gasteiger partial charge in [0.15, 0.2) is 5.78 Å². The molecule has 4 rings (SSSR count). The number of allylic oxidation sites excluding steroid dienone is 3. The maximum atomic E-state index is 12.9. The molecule has 1 aromatic carbocycles. The number of para-hydroxylation sites is 1. The van der Waals surface area contributed by atoms with Crippen LogP contribution in [-0.2, 0) is 28.0 Å². The van der Waals surface area contributed by atoms with Crippen LogP contribution < -0.4 is 10.1 Å². The number of ether oxygens (including phenoxy) is 2. The van der Waals surface area contributed by atoms with E-state index in [0.717, 1.165) is 22.7 Å². The number of nitrogens with zero attached hydrogens (tertiary/aromatic N) is 2. The summed E-state index contributed by atoms with van der Waals surface area (Å²) in [6.07, 6.45) is 3.20. The van der Waals surface area contributed by atoms with Gasteiger partial charge >= 0.3 is 5.97 Å². The van der Waals surface area contributed by atoms with Crippen molar-refractivity contribution >= 4 is 11.8 Å². The van der Waals surface area contributed by atoms with E-state index in [9.17, 15) is 9.59 Å². The van der Waals surface area contributed by atoms with Crippen LogP contribution in [0.3, 0.4) is 0 Å². The number of methoxy groups -OCH3 is 1. The zero-order valence-electron chi connectivity index (χ0n) is 17.4. The predicted octanol–water partition coefficient (Wildman–Crippen LogP) is 3.14. The van der Waals surface area contributed by atoms with Crippen LogP contribution in [0.2, 0.25) is 0 Å². The number of nitrogens with one attached hydrogen (secondary N) is 1. The molecular formula is C23H25N3O4. The Morgan fingerprint density at radius 3 is 2.80 bits per heavy atom. The molecule has 7 nitrogen and oxygen atoms in total. The SMILES string of the molecule is COc1ccccc1[C@H]1CC(=O)C2=C(C1)NC(C)=C(C(=O)OCc1ccn(C)n1)C2. The quantitative estimate of drug-likeness (QED) is 0.767. The predicted molar refractivity (Wildman–Crippen MR) is 110 cm³/mol. The zero-order chi connectivity index (χ0) is 21.3. The number of hydrogen-bond donors (Lipinski definition) is 1. The lowest BCUT2D eigenvalue weighted by molar-refractivity contribution is -0.140. The number of Topliss-reactive ketones (excluding diaryl/α,β-unsaturated/α-hetero) is 1. The van der Waals surface area contributed by atoms with Gasteiger partial charge in [-0.15, -0.1) is 0 Å². The molecule has 0 unspecified atom stereocenters. The second kappa shape index (κ2) is 8.18. The minimum absolute atomic E-state index is 0.0466. The first kappa shape index (κ1) is 19.9. The van der Waals surface area contributed by atoms with Gasteiger partial charge in [-0.1, -0.05) is 18.2 Å². The van der Waals surface area contributed by atoms with Crippen molar-refractivity contribution in [3.63, 3.8) is 0 Å². The Kier molecular flexibility index (Phi) is 5.44. The Hall–Kier alpha value is -3.35. The number of aromatic nitrogens is 2. The number of rotatable bonds is 5. The van der Waals surface area contributed by atoms with E-state index in [0.29, 0.717) is 36.1 Å². The largest absolute Gasteiger partial charge is 0.496 e. The van der Waals surface area contributed by atoms with Crippen LogP contribution in [0.15, 0.2) is 59.1 Å². The molecule has 2 aromatic rings. The van der Waals surface area contributed by atoms with Crippen LogP contribution in [-0.4, -0.2) is 28.6 Å². The van der Waals surface area contributed by atoms with Crippen molar-refractivity contribution in [2.24, 2.45) is 7.05 Å². The molecule has 2 heterocycles. The van der Waals surface area contributed by atoms with Crippen LogP contribution in [0.1, 0.15) is 43.4 Å². The number of esters is 1. The van der Waals surface area contributed by atoms with Crippen molar-refractivity contribution in [3.05, 3.63) is 70.3 Å². The van der Waals surface area contributed by atoms with Gasteiger partial charge in [0, 0.05) is 49.0 Å². The summed E-state index contributed by atoms with van der Waals surface area (Å²) in [5.41, 5.74) is 4.50. The Morgan fingerprint density at radius 1 is 1.27 bits per heavy atom. The third-order valence-electron chi connectivity index (χ3n) is 5.67. The number of aryl methyl sites for hydroxylation is 1. The lowest BCUT2D eigenvalue weighted by Gasteiger charge is -2.32. The molecule has 1 atom stereocenters. The van der Waals surface area contributed by atoms with Gasteiger partial charge in [0.25, 0.3) is 0 Å². The number of benzene rings is 1. The van der Waals surface area contributed by atoms with Crippen LogP contribution in [0.5, 0.6) is 5.75 Å². The van der Waals surface area contributed by atoms with E-state index in [1.807, 2.05) is 38.2 Å². The van der Waals surface area contributed by atoms with E-state index >= 15 is 0 Å². The molecule has 7 heteroatoms. The molecule has 0 amide bonds. The van der Waals surface area contributed by atoms with Gasteiger partial charge in [-0.25, -0.2) is 4.79 Å². The molecular weight excluding hydrogens is 382 g/mol. The third-order valence-corrected chi connectivity index (χ3v) is 5.67. The monoisotopic (exact) mass is 407 g/mol. The van der Waals surface area contributed by atoms with Gasteiger partial charge in [0.1, 0.15) is 12.4 Å². The molecule has 1 aliphatic carbocycles. The number of hydrogen-bond acceptors (Lipinski definition) is 6. The highest BCUT2D eigenvalue weighted by Gasteiger charge is 2.34. The maximum absolute atomic E-state index is 12.9. The summed E-state index contributed by atoms with van der Waals surface area (Å²) in [5.74, 6) is 0.477. The topological polar surface area (TPSA) is 82.5 Å². The molecule has 0 saturated heterocycles. The summed E-state index contributed by atoms with van der Waals surface area (Å²) in [7, 11) is 3.45. The molecule has 2 aliphatic rings. The Morgan fingerprint density at radius 2 is 2.07 bits per heavy atom. The highest BCUT2D eigenvalue weighted by atomic mass is 16.5. The average Bonchev–Trinajstić information content (AvgIpc) is 3.16. The van der Waals surface area contributed by atoms with E-state index in [1.54, 1.807) is 24.1 Å². The highest BCUT2D eigenvalue weighted by molar-refractivity contribution is 6.01. The summed E-state index contributed by atoms with van der Waals surface area (Å²) in [6.45, 7) is 1.95. The molecule has 0 bridgehead atoms. The standard InChI is InChI=1S/C23H25N3O4/c1-14-18(23(28)30-13-16-8-9-26(2)25-16)12-19-20(24-14)10-15(11-21(19)27)17-6-4-5-7-22(17)29-3/h4-9,15,24H,10-13H2,1-3H3/t15-/m1/s1. The van der Waals surface area contributed by atoms with Crippen molar-refractivity contribution < 1.29 is 19.1 Å². The fourth-order valence-electron chi connectivity index (χ4n) is 4.12. The number of carbonyl (C=O) groups excluding carboxylic acids is 2. The fraction of sp³-hybridized carbons (Fsp3) is 0.348. The molecule has 0 radical (unpaired) electrons. The summed E-state index contributed by atoms with van der Waals surface area (Å²) in [4.78, 5) is 25.6. The molecule has 0 fully saturated rings. The molecule has 1 aliphatic heterocycles. The summed E-state index contributed by atoms with van der Waals surface area (Å²) in [6, 6.07) is 9.61. The van der Waals surface area contributed by atoms with Crippen molar-refractivity contribution in [1.29, 1.82) is 0 Å². The number of ketones is 1. The van der Waals surface area contributed by atoms with Gasteiger partial charge < -0.3 is 14.8 Å². The minimum atomic E-state index is -0.420. The second-order valence-corrected chi connectivity index (χ2v) is 7.69. The van der Waals surface area contributed by atoms with Crippen molar-refractivity contribution in [2.45, 2.75) is 38.7 Å². The van der Waals surface area contributed by atoms with Gasteiger partial charge in [-0.2, -0.15) is 5.10 Å². The summed E-state index contributed by atoms with van der Waals surface area (Å²) in [5, 5.41) is 7.51. The molecule has 156 valence electrons. The third kappa shape index (κ3) is 3.87. The zero-order valence-corrected chi connectivity index (χ0v) is 17.4. The lowest BCUT2D eigenvalue weighted by atomic mass is 9.78. The van der Waals surface area contributed by atoms with Gasteiger partial charge in [-0.05, 0) is 31.0 Å². The normalized spacial score (nSPS) is 18.8. The van der Waals surface area contributed by atoms with E-state index in [-0.39, 0.29) is 18.3 Å². The van der Waals surface area contributed by atoms with Gasteiger partial charge in [0.2, 0.25) is 0 Å². The molecule has 0 spiro atoms. The molecule has 1 N–H and O–H groups in total. The van der Waals surface area contributed by atoms with Crippen molar-refractivity contribution in [1.82, 2.24) is 15.1 Å². The number of carbonyl (C=O) groups is 2. The van der Waals surface area contributed by atoms with Crippen LogP contribution in [0.25, 0.3) is 0 Å². The van der Waals surface area contributed by atoms with Gasteiger partial charge in [0.05, 0.1) is 18.4 Å². The van der Waals surface area contributed by atoms with E-state index in [2.05, 4.69) is 10.4 Å². The highest BCUT2D eigenvalue weighted by Crippen LogP contribution is 2.41. The molecule has 1 aromatic heterocycles. The Labute approximate surface area is 175 Å². The second-order valence-electron chi connectivity index (χ2n) is 7.69. The Bertz CT molecular complexity index is 1060. The van der Waals surface area contributed by atoms with Crippen LogP contribution in [0.4, 0.5) is 0 Å². The van der Waals surface area contributed by atoms with Gasteiger partial charge in [-0.3, -0.25) is 9.48 Å². The van der Waals surface area contributed by atoms with Crippen molar-refractivity contribution in [2.75, 3.05) is 7.11 Å². The van der Waals surface area contributed by atoms with Crippen LogP contribution >= 0.6 is 0 Å². The Balaban J connectivity index is 1.48. The first-order valence-electron chi connectivity index (χ1n) is 9.96. The minimum Gasteiger partial charge on any atom is -0.496 e. The first-order chi connectivity index (χ1) is 14.5. The fourth-order valence-corrected chi connectivity index (χ4v) is 4.12. The smallest absolute Gasteiger partial charge is 0.336 e. The van der Waals surface area contributed by atoms with E-state index in [1.165, 1.54) is 0 Å². The van der Waals surface area contributed by atoms with Crippen molar-refractivity contribution in [3.8, 4) is 5.75 Å². The van der Waals surface area contributed by atoms with E-state index in [4.69, 9.17) is 9.47 Å². The average molecular weight is 407 g/mol. The maximum Gasteiger partial charge on any atom is 0.336 e. The summed E-state index contributed by atoms with van der Waals surface area (Å²) >= 11 is 0. The molecule has 30 heavy (non-hydrogen) atoms.